The Morgan fingerprint density at radius 2 is 0.939 bits per heavy atom. The predicted octanol–water partition coefficient (Wildman–Crippen LogP) is 6.78. The smallest absolute Gasteiger partial charge is 0.364 e. The molecule has 10 N–H and O–H groups in total. The monoisotopic (exact) mass is 1580 g/mol. The average molecular weight is 1580 g/mol. The summed E-state index contributed by atoms with van der Waals surface area (Å²) in [5.41, 5.74) is 3.42. The van der Waals surface area contributed by atoms with E-state index in [0.717, 1.165) is 18.1 Å². The summed E-state index contributed by atoms with van der Waals surface area (Å²) in [5, 5.41) is 95.0. The number of aromatic carboxylic acids is 1. The van der Waals surface area contributed by atoms with Crippen molar-refractivity contribution in [1.82, 2.24) is 10.6 Å². The number of nitrogens with one attached hydrogen (secondary N) is 2. The van der Waals surface area contributed by atoms with Crippen LogP contribution < -0.4 is 10.6 Å². The van der Waals surface area contributed by atoms with Crippen LogP contribution >= 0.6 is 0 Å². The first kappa shape index (κ1) is 86.0. The van der Waals surface area contributed by atoms with Crippen LogP contribution in [0.15, 0.2) is 206 Å². The fourth-order valence-corrected chi connectivity index (χ4v) is 14.3. The lowest BCUT2D eigenvalue weighted by atomic mass is 9.88. The molecule has 0 aromatic heterocycles. The van der Waals surface area contributed by atoms with Crippen LogP contribution in [0.4, 0.5) is 0 Å². The maximum Gasteiger partial charge on any atom is 0.364 e. The van der Waals surface area contributed by atoms with Gasteiger partial charge in [-0.15, -0.1) is 0 Å². The van der Waals surface area contributed by atoms with E-state index in [-0.39, 0.29) is 71.1 Å². The number of aliphatic hydroxyl groups excluding tert-OH is 5. The molecule has 0 radical (unpaired) electrons. The van der Waals surface area contributed by atoms with Gasteiger partial charge in [0, 0.05) is 26.4 Å². The van der Waals surface area contributed by atoms with Crippen molar-refractivity contribution < 1.29 is 131 Å². The number of benzene rings is 7. The molecule has 0 saturated carbocycles. The number of carbonyl (C=O) groups excluding carboxylic acids is 2. The summed E-state index contributed by atoms with van der Waals surface area (Å²) in [6.07, 6.45) is -30.1. The van der Waals surface area contributed by atoms with Crippen LogP contribution in [0.1, 0.15) is 100 Å². The topological polar surface area (TPSA) is 400 Å². The molecule has 114 heavy (non-hydrogen) atoms. The van der Waals surface area contributed by atoms with Crippen molar-refractivity contribution in [3.05, 3.63) is 251 Å². The highest BCUT2D eigenvalue weighted by Crippen LogP contribution is 2.43. The molecule has 0 aliphatic carbocycles. The van der Waals surface area contributed by atoms with E-state index in [1.54, 1.807) is 67.6 Å². The van der Waals surface area contributed by atoms with Gasteiger partial charge >= 0.3 is 17.9 Å². The van der Waals surface area contributed by atoms with Gasteiger partial charge in [0.1, 0.15) is 85.4 Å². The van der Waals surface area contributed by atoms with Gasteiger partial charge in [-0.25, -0.2) is 9.59 Å². The lowest BCUT2D eigenvalue weighted by Gasteiger charge is -2.53. The first-order valence-electron chi connectivity index (χ1n) is 38.0. The average Bonchev–Trinajstić information content (AvgIpc) is 0.749. The lowest BCUT2D eigenvalue weighted by molar-refractivity contribution is -0.400. The van der Waals surface area contributed by atoms with Gasteiger partial charge < -0.3 is 118 Å². The number of ether oxygens (including phenoxy) is 14. The maximum atomic E-state index is 15.5. The second-order valence-electron chi connectivity index (χ2n) is 28.4. The van der Waals surface area contributed by atoms with E-state index in [0.29, 0.717) is 28.7 Å². The van der Waals surface area contributed by atoms with Crippen molar-refractivity contribution in [2.24, 2.45) is 0 Å². The van der Waals surface area contributed by atoms with Crippen molar-refractivity contribution in [3.63, 3.8) is 0 Å². The van der Waals surface area contributed by atoms with Gasteiger partial charge in [0.2, 0.25) is 5.91 Å². The second-order valence-corrected chi connectivity index (χ2v) is 28.4. The first-order chi connectivity index (χ1) is 55.3. The SMILES string of the molecule is CC(=O)N[C@H]1[C@H]([C@H](O)[C@H](O)CO)O[C@](OC2C(OCc3ccccc3)C(COCc3ccccc3)OC(O[C@H]3[C@H](O[C@@H]4O[C@@H](C)[C@@H](OCc5ccccc5)[C@@H](OCc5ccccc5)[C@@H]4OCc4ccccc4)[C@@H](NC(=O)c4ccccc4C(=O)O)[C@H](OCCCCCC(=O)O)O[C@@H]3CO)C2OCc2ccccc2)(C(=O)O)C[C@@H]1O. The molecule has 4 aliphatic rings. The first-order valence-corrected chi connectivity index (χ1v) is 38.0. The van der Waals surface area contributed by atoms with Crippen molar-refractivity contribution in [1.29, 1.82) is 0 Å². The van der Waals surface area contributed by atoms with Gasteiger partial charge in [0.05, 0.1) is 88.8 Å². The Morgan fingerprint density at radius 1 is 0.482 bits per heavy atom. The third-order valence-corrected chi connectivity index (χ3v) is 20.1. The molecule has 0 bridgehead atoms. The minimum Gasteiger partial charge on any atom is -0.481 e. The number of carboxylic acids is 3. The Balaban J connectivity index is 1.10. The van der Waals surface area contributed by atoms with Gasteiger partial charge in [0.15, 0.2) is 18.9 Å². The Bertz CT molecular complexity index is 4090. The van der Waals surface area contributed by atoms with Crippen LogP contribution in [-0.4, -0.2) is 225 Å². The van der Waals surface area contributed by atoms with Gasteiger partial charge in [0.25, 0.3) is 11.7 Å². The quantitative estimate of drug-likeness (QED) is 0.0176. The summed E-state index contributed by atoms with van der Waals surface area (Å²) >= 11 is 0. The third-order valence-electron chi connectivity index (χ3n) is 20.1. The fourth-order valence-electron chi connectivity index (χ4n) is 14.3. The van der Waals surface area contributed by atoms with Gasteiger partial charge in [-0.1, -0.05) is 201 Å². The number of rotatable bonds is 41. The summed E-state index contributed by atoms with van der Waals surface area (Å²) in [5.74, 6) is -9.26. The number of hydrogen-bond donors (Lipinski definition) is 10. The van der Waals surface area contributed by atoms with Crippen LogP contribution in [0.25, 0.3) is 0 Å². The molecule has 21 atom stereocenters. The van der Waals surface area contributed by atoms with Gasteiger partial charge in [-0.05, 0) is 65.3 Å². The second kappa shape index (κ2) is 42.7. The number of aliphatic carboxylic acids is 2. The molecule has 612 valence electrons. The predicted molar refractivity (Wildman–Crippen MR) is 404 cm³/mol. The van der Waals surface area contributed by atoms with Crippen molar-refractivity contribution in [2.75, 3.05) is 26.4 Å². The summed E-state index contributed by atoms with van der Waals surface area (Å²) in [7, 11) is 0. The van der Waals surface area contributed by atoms with Crippen molar-refractivity contribution >= 4 is 29.7 Å². The Morgan fingerprint density at radius 3 is 1.43 bits per heavy atom. The van der Waals surface area contributed by atoms with E-state index in [9.17, 15) is 60.0 Å². The van der Waals surface area contributed by atoms with E-state index >= 15 is 4.79 Å². The van der Waals surface area contributed by atoms with E-state index < -0.39 is 190 Å². The molecule has 0 spiro atoms. The van der Waals surface area contributed by atoms with Crippen molar-refractivity contribution in [3.8, 4) is 0 Å². The zero-order valence-electron chi connectivity index (χ0n) is 63.1. The molecule has 7 aromatic rings. The molecule has 4 aliphatic heterocycles. The molecular formula is C85H100N2O27. The van der Waals surface area contributed by atoms with E-state index in [2.05, 4.69) is 10.6 Å². The zero-order chi connectivity index (χ0) is 80.5. The molecule has 29 nitrogen and oxygen atoms in total. The van der Waals surface area contributed by atoms with E-state index in [1.807, 2.05) is 121 Å². The number of carbonyl (C=O) groups is 5. The Hall–Kier alpha value is -8.87. The number of hydrogen-bond acceptors (Lipinski definition) is 24. The number of amides is 2. The number of carboxylic acid groups (broad SMARTS) is 3. The largest absolute Gasteiger partial charge is 0.481 e. The highest BCUT2D eigenvalue weighted by Gasteiger charge is 2.62. The van der Waals surface area contributed by atoms with E-state index in [1.165, 1.54) is 24.3 Å². The highest BCUT2D eigenvalue weighted by molar-refractivity contribution is 6.05. The Labute approximate surface area is 659 Å². The molecule has 4 saturated heterocycles. The minimum absolute atomic E-state index is 0.00872. The van der Waals surface area contributed by atoms with Gasteiger partial charge in [-0.2, -0.15) is 0 Å². The normalized spacial score (nSPS) is 28.2. The maximum absolute atomic E-state index is 15.5. The highest BCUT2D eigenvalue weighted by atomic mass is 16.8. The number of aliphatic hydroxyl groups is 5. The third kappa shape index (κ3) is 23.2. The fraction of sp³-hybridized carbons (Fsp3) is 0.447. The van der Waals surface area contributed by atoms with Crippen molar-refractivity contribution in [2.45, 2.75) is 214 Å². The molecule has 2 amide bonds. The molecule has 11 rings (SSSR count). The van der Waals surface area contributed by atoms with E-state index in [4.69, 9.17) is 66.3 Å². The summed E-state index contributed by atoms with van der Waals surface area (Å²) in [6, 6.07) is 56.8. The standard InChI is InChI=1S/C85H100N2O27/c1-52-70(103-46-55-28-12-4-13-29-55)75(105-48-57-32-16-6-17-33-57)77(106-49-58-34-18-7-19-35-58)82(108-52)112-74-68(87-79(96)60-38-23-24-39-61(60)80(97)98)81(102-41-25-9-22-40-66(93)94)109-64(44-89)72(74)111-83-78(107-50-59-36-20-8-21-37-59)76(114-85(84(99)100)42-62(91)67(86-53(2)90)73(113-85)69(95)63(92)43-88)71(104-47-56-30-14-5-15-31-56)65(110-83)51-101-45-54-26-10-3-11-27-54/h3-8,10-21,23-24,26-39,52,62-65,67-78,81-83,88-89,91-92,95H,9,22,25,40-51H2,1-2H3,(H,86,90)(H,87,96)(H,93,94)(H,97,98)(H,99,100)/t52-,62-,63+,64+,65?,67+,68+,69+,70+,71?,72+,73+,74+,75+,76?,77-,78?,81+,82-,83?,85+/m0/s1. The Kier molecular flexibility index (Phi) is 32.2. The lowest BCUT2D eigenvalue weighted by Crippen LogP contribution is -2.72. The summed E-state index contributed by atoms with van der Waals surface area (Å²) in [4.78, 5) is 67.8. The molecule has 5 unspecified atom stereocenters. The summed E-state index contributed by atoms with van der Waals surface area (Å²) in [6.45, 7) is -0.367. The van der Waals surface area contributed by atoms with Crippen LogP contribution in [0.3, 0.4) is 0 Å². The molecule has 29 heteroatoms. The van der Waals surface area contributed by atoms with Crippen LogP contribution in [-0.2, 0) is 120 Å². The van der Waals surface area contributed by atoms with Crippen LogP contribution in [0.2, 0.25) is 0 Å². The van der Waals surface area contributed by atoms with Crippen LogP contribution in [0.5, 0.6) is 0 Å². The van der Waals surface area contributed by atoms with Gasteiger partial charge in [-0.3, -0.25) is 14.4 Å². The van der Waals surface area contributed by atoms with Crippen LogP contribution in [0, 0.1) is 0 Å². The molecular weight excluding hydrogens is 1480 g/mol. The molecule has 7 aromatic carbocycles. The summed E-state index contributed by atoms with van der Waals surface area (Å²) < 4.78 is 97.8. The number of unbranched alkanes of at least 4 members (excludes halogenated alkanes) is 2. The molecule has 4 fully saturated rings. The minimum atomic E-state index is -3.13. The zero-order valence-corrected chi connectivity index (χ0v) is 63.1. The molecule has 4 heterocycles.